The number of likely N-dealkylation sites (tertiary alicyclic amines) is 1. The lowest BCUT2D eigenvalue weighted by molar-refractivity contribution is 0.0714. The summed E-state index contributed by atoms with van der Waals surface area (Å²) in [5.74, 6) is 0.894. The number of aliphatic hydroxyl groups is 1. The van der Waals surface area contributed by atoms with Gasteiger partial charge in [-0.05, 0) is 74.9 Å². The smallest absolute Gasteiger partial charge is 0.254 e. The van der Waals surface area contributed by atoms with Gasteiger partial charge in [0.25, 0.3) is 5.91 Å². The Morgan fingerprint density at radius 3 is 2.74 bits per heavy atom. The lowest BCUT2D eigenvalue weighted by atomic mass is 9.97. The Labute approximate surface area is 161 Å². The number of methoxy groups -OCH3 is 1. The molecule has 1 atom stereocenters. The Hall–Kier alpha value is -2.33. The molecule has 1 heterocycles. The molecule has 1 aliphatic heterocycles. The Kier molecular flexibility index (Phi) is 5.85. The number of hydrogen-bond acceptors (Lipinski definition) is 3. The summed E-state index contributed by atoms with van der Waals surface area (Å²) in [6, 6.07) is 15.9. The molecule has 1 amide bonds. The van der Waals surface area contributed by atoms with Crippen molar-refractivity contribution in [2.24, 2.45) is 0 Å². The van der Waals surface area contributed by atoms with Crippen molar-refractivity contribution in [3.05, 3.63) is 65.2 Å². The van der Waals surface area contributed by atoms with Gasteiger partial charge >= 0.3 is 0 Å². The van der Waals surface area contributed by atoms with Crippen LogP contribution in [0.2, 0.25) is 0 Å². The van der Waals surface area contributed by atoms with Crippen LogP contribution in [0.1, 0.15) is 60.6 Å². The Morgan fingerprint density at radius 2 is 2.00 bits per heavy atom. The topological polar surface area (TPSA) is 49.8 Å². The van der Waals surface area contributed by atoms with E-state index in [0.29, 0.717) is 6.42 Å². The third-order valence-corrected chi connectivity index (χ3v) is 5.19. The van der Waals surface area contributed by atoms with Crippen molar-refractivity contribution < 1.29 is 14.6 Å². The van der Waals surface area contributed by atoms with Gasteiger partial charge in [-0.3, -0.25) is 4.79 Å². The predicted octanol–water partition coefficient (Wildman–Crippen LogP) is 4.38. The maximum Gasteiger partial charge on any atom is 0.254 e. The molecular weight excluding hydrogens is 338 g/mol. The van der Waals surface area contributed by atoms with E-state index in [9.17, 15) is 9.90 Å². The summed E-state index contributed by atoms with van der Waals surface area (Å²) in [6.07, 6.45) is 3.40. The zero-order chi connectivity index (χ0) is 19.4. The summed E-state index contributed by atoms with van der Waals surface area (Å²) >= 11 is 0. The average Bonchev–Trinajstić information content (AvgIpc) is 3.15. The van der Waals surface area contributed by atoms with Gasteiger partial charge in [0.2, 0.25) is 0 Å². The molecule has 1 saturated heterocycles. The molecule has 0 saturated carbocycles. The molecule has 0 bridgehead atoms. The molecule has 1 aliphatic rings. The zero-order valence-electron chi connectivity index (χ0n) is 16.4. The number of ether oxygens (including phenoxy) is 1. The molecule has 1 N–H and O–H groups in total. The normalized spacial score (nSPS) is 17.2. The number of nitrogens with zero attached hydrogens (tertiary/aromatic N) is 1. The Morgan fingerprint density at radius 1 is 1.22 bits per heavy atom. The van der Waals surface area contributed by atoms with Crippen molar-refractivity contribution in [1.82, 2.24) is 4.90 Å². The fourth-order valence-electron chi connectivity index (χ4n) is 3.68. The zero-order valence-corrected chi connectivity index (χ0v) is 16.4. The van der Waals surface area contributed by atoms with Crippen LogP contribution in [-0.2, 0) is 6.42 Å². The van der Waals surface area contributed by atoms with Crippen molar-refractivity contribution in [3.8, 4) is 5.75 Å². The number of hydrogen-bond donors (Lipinski definition) is 1. The second kappa shape index (κ2) is 8.13. The fraction of sp³-hybridized carbons (Fsp3) is 0.435. The summed E-state index contributed by atoms with van der Waals surface area (Å²) in [4.78, 5) is 15.2. The first-order chi connectivity index (χ1) is 12.9. The van der Waals surface area contributed by atoms with Gasteiger partial charge in [-0.15, -0.1) is 0 Å². The maximum atomic E-state index is 13.2. The highest BCUT2D eigenvalue weighted by Gasteiger charge is 2.30. The lowest BCUT2D eigenvalue weighted by Gasteiger charge is -2.26. The number of benzene rings is 2. The predicted molar refractivity (Wildman–Crippen MR) is 107 cm³/mol. The molecule has 0 spiro atoms. The first-order valence-corrected chi connectivity index (χ1v) is 9.63. The number of rotatable bonds is 6. The molecule has 0 aliphatic carbocycles. The average molecular weight is 367 g/mol. The van der Waals surface area contributed by atoms with Crippen molar-refractivity contribution in [3.63, 3.8) is 0 Å². The summed E-state index contributed by atoms with van der Waals surface area (Å²) < 4.78 is 5.34. The highest BCUT2D eigenvalue weighted by Crippen LogP contribution is 2.34. The van der Waals surface area contributed by atoms with Crippen molar-refractivity contribution in [1.29, 1.82) is 0 Å². The van der Waals surface area contributed by atoms with Gasteiger partial charge in [0.1, 0.15) is 5.75 Å². The number of amides is 1. The number of carbonyl (C=O) groups excluding carboxylic acids is 1. The van der Waals surface area contributed by atoms with E-state index in [-0.39, 0.29) is 11.9 Å². The fourth-order valence-corrected chi connectivity index (χ4v) is 3.68. The van der Waals surface area contributed by atoms with Crippen LogP contribution in [0.15, 0.2) is 48.5 Å². The molecule has 0 radical (unpaired) electrons. The summed E-state index contributed by atoms with van der Waals surface area (Å²) in [5.41, 5.74) is 2.23. The minimum atomic E-state index is -0.702. The van der Waals surface area contributed by atoms with Gasteiger partial charge in [0.05, 0.1) is 18.8 Å². The molecule has 2 aromatic rings. The molecule has 3 rings (SSSR count). The highest BCUT2D eigenvalue weighted by molar-refractivity contribution is 5.94. The van der Waals surface area contributed by atoms with Crippen LogP contribution in [0, 0.1) is 0 Å². The molecule has 0 aromatic heterocycles. The molecule has 1 fully saturated rings. The third-order valence-electron chi connectivity index (χ3n) is 5.19. The van der Waals surface area contributed by atoms with Crippen LogP contribution in [0.25, 0.3) is 0 Å². The van der Waals surface area contributed by atoms with E-state index in [1.165, 1.54) is 0 Å². The van der Waals surface area contributed by atoms with Crippen LogP contribution >= 0.6 is 0 Å². The molecule has 4 nitrogen and oxygen atoms in total. The van der Waals surface area contributed by atoms with Gasteiger partial charge in [0, 0.05) is 12.1 Å². The standard InChI is InChI=1S/C23H29NO3/c1-23(2,26)13-12-17-7-4-9-19(15-17)22(25)24-14-6-11-21(24)18-8-5-10-20(16-18)27-3/h4-5,7-10,15-16,21,26H,6,11-14H2,1-3H3/t21-/m0/s1. The SMILES string of the molecule is COc1cccc([C@@H]2CCCN2C(=O)c2cccc(CCC(C)(C)O)c2)c1. The van der Waals surface area contributed by atoms with E-state index < -0.39 is 5.60 Å². The van der Waals surface area contributed by atoms with Crippen molar-refractivity contribution in [2.75, 3.05) is 13.7 Å². The molecule has 27 heavy (non-hydrogen) atoms. The summed E-state index contributed by atoms with van der Waals surface area (Å²) in [7, 11) is 1.66. The van der Waals surface area contributed by atoms with Crippen LogP contribution in [0.3, 0.4) is 0 Å². The monoisotopic (exact) mass is 367 g/mol. The summed E-state index contributed by atoms with van der Waals surface area (Å²) in [6.45, 7) is 4.39. The Bertz CT molecular complexity index is 794. The first-order valence-electron chi connectivity index (χ1n) is 9.63. The third kappa shape index (κ3) is 4.89. The van der Waals surface area contributed by atoms with E-state index in [4.69, 9.17) is 4.74 Å². The summed E-state index contributed by atoms with van der Waals surface area (Å²) in [5, 5.41) is 9.95. The Balaban J connectivity index is 1.78. The minimum absolute atomic E-state index is 0.0745. The lowest BCUT2D eigenvalue weighted by Crippen LogP contribution is -2.30. The molecule has 2 aromatic carbocycles. The molecular formula is C23H29NO3. The molecule has 4 heteroatoms. The van der Waals surface area contributed by atoms with E-state index in [2.05, 4.69) is 6.07 Å². The van der Waals surface area contributed by atoms with Gasteiger partial charge < -0.3 is 14.7 Å². The second-order valence-electron chi connectivity index (χ2n) is 7.95. The van der Waals surface area contributed by atoms with Gasteiger partial charge in [0.15, 0.2) is 0 Å². The number of aryl methyl sites for hydroxylation is 1. The number of carbonyl (C=O) groups is 1. The van der Waals surface area contributed by atoms with Crippen molar-refractivity contribution >= 4 is 5.91 Å². The van der Waals surface area contributed by atoms with E-state index in [1.807, 2.05) is 61.2 Å². The van der Waals surface area contributed by atoms with E-state index in [1.54, 1.807) is 7.11 Å². The van der Waals surface area contributed by atoms with E-state index >= 15 is 0 Å². The van der Waals surface area contributed by atoms with Crippen molar-refractivity contribution in [2.45, 2.75) is 51.2 Å². The van der Waals surface area contributed by atoms with Crippen LogP contribution < -0.4 is 4.74 Å². The first kappa shape index (κ1) is 19.4. The maximum absolute atomic E-state index is 13.2. The van der Waals surface area contributed by atoms with Crippen LogP contribution in [-0.4, -0.2) is 35.2 Å². The van der Waals surface area contributed by atoms with Crippen LogP contribution in [0.5, 0.6) is 5.75 Å². The van der Waals surface area contributed by atoms with Gasteiger partial charge in [-0.25, -0.2) is 0 Å². The van der Waals surface area contributed by atoms with Gasteiger partial charge in [-0.1, -0.05) is 24.3 Å². The molecule has 0 unspecified atom stereocenters. The quantitative estimate of drug-likeness (QED) is 0.824. The van der Waals surface area contributed by atoms with Crippen LogP contribution in [0.4, 0.5) is 0 Å². The second-order valence-corrected chi connectivity index (χ2v) is 7.95. The van der Waals surface area contributed by atoms with Gasteiger partial charge in [-0.2, -0.15) is 0 Å². The van der Waals surface area contributed by atoms with E-state index in [0.717, 1.165) is 48.2 Å². The largest absolute Gasteiger partial charge is 0.497 e. The molecule has 144 valence electrons. The minimum Gasteiger partial charge on any atom is -0.497 e. The highest BCUT2D eigenvalue weighted by atomic mass is 16.5.